The maximum atomic E-state index is 6.47. The lowest BCUT2D eigenvalue weighted by Gasteiger charge is -2.38. The monoisotopic (exact) mass is 430 g/mol. The zero-order chi connectivity index (χ0) is 22.1. The number of hydrogen-bond donors (Lipinski definition) is 0. The van der Waals surface area contributed by atoms with Gasteiger partial charge in [-0.3, -0.25) is 0 Å². The molecule has 0 bridgehead atoms. The molecule has 164 valence electrons. The Hall–Kier alpha value is -3.67. The topological polar surface area (TPSA) is 52.5 Å². The van der Waals surface area contributed by atoms with E-state index in [1.165, 1.54) is 0 Å². The predicted molar refractivity (Wildman–Crippen MR) is 123 cm³/mol. The third-order valence-corrected chi connectivity index (χ3v) is 5.90. The minimum absolute atomic E-state index is 0.0717. The van der Waals surface area contributed by atoms with Gasteiger partial charge in [0.1, 0.15) is 23.0 Å². The van der Waals surface area contributed by atoms with Gasteiger partial charge in [-0.25, -0.2) is 5.01 Å². The molecule has 2 aliphatic heterocycles. The van der Waals surface area contributed by atoms with Crippen molar-refractivity contribution in [2.24, 2.45) is 5.10 Å². The summed E-state index contributed by atoms with van der Waals surface area (Å²) in [6, 6.07) is 22.1. The van der Waals surface area contributed by atoms with Gasteiger partial charge in [0.15, 0.2) is 0 Å². The van der Waals surface area contributed by atoms with Gasteiger partial charge in [0.25, 0.3) is 0 Å². The second-order valence-corrected chi connectivity index (χ2v) is 7.72. The fourth-order valence-corrected chi connectivity index (χ4v) is 4.36. The van der Waals surface area contributed by atoms with E-state index in [1.54, 1.807) is 14.2 Å². The number of methoxy groups -OCH3 is 2. The fourth-order valence-electron chi connectivity index (χ4n) is 4.36. The van der Waals surface area contributed by atoms with Crippen LogP contribution in [0.2, 0.25) is 0 Å². The molecule has 2 unspecified atom stereocenters. The van der Waals surface area contributed by atoms with Crippen LogP contribution in [0.1, 0.15) is 42.3 Å². The molecule has 2 aliphatic rings. The minimum atomic E-state index is -0.430. The summed E-state index contributed by atoms with van der Waals surface area (Å²) in [5, 5.41) is 7.08. The third kappa shape index (κ3) is 3.51. The molecule has 3 aromatic rings. The van der Waals surface area contributed by atoms with Gasteiger partial charge in [-0.15, -0.1) is 0 Å². The molecule has 0 aromatic heterocycles. The van der Waals surface area contributed by atoms with E-state index in [2.05, 4.69) is 18.2 Å². The standard InChI is InChI=1S/C26H26N2O4/c1-4-31-18-11-9-17(10-12-18)22-16-23-20-7-5-6-8-25(20)32-26(28(23)27-22)21-15-19(29-2)13-14-24(21)30-3/h5-15,23,26H,4,16H2,1-3H3. The van der Waals surface area contributed by atoms with Crippen molar-refractivity contribution in [2.45, 2.75) is 25.6 Å². The normalized spacial score (nSPS) is 18.8. The van der Waals surface area contributed by atoms with Gasteiger partial charge in [-0.2, -0.15) is 5.10 Å². The molecule has 0 aliphatic carbocycles. The van der Waals surface area contributed by atoms with Crippen molar-refractivity contribution in [2.75, 3.05) is 20.8 Å². The summed E-state index contributed by atoms with van der Waals surface area (Å²) in [6.07, 6.45) is 0.358. The summed E-state index contributed by atoms with van der Waals surface area (Å²) in [6.45, 7) is 2.63. The van der Waals surface area contributed by atoms with Crippen molar-refractivity contribution in [3.05, 3.63) is 83.4 Å². The maximum Gasteiger partial charge on any atom is 0.217 e. The van der Waals surface area contributed by atoms with E-state index in [0.29, 0.717) is 6.61 Å². The van der Waals surface area contributed by atoms with E-state index in [-0.39, 0.29) is 6.04 Å². The summed E-state index contributed by atoms with van der Waals surface area (Å²) in [5.41, 5.74) is 4.11. The van der Waals surface area contributed by atoms with Crippen molar-refractivity contribution in [3.8, 4) is 23.0 Å². The Morgan fingerprint density at radius 3 is 2.47 bits per heavy atom. The summed E-state index contributed by atoms with van der Waals surface area (Å²) in [7, 11) is 3.32. The number of fused-ring (bicyclic) bond motifs is 3. The number of hydrazone groups is 1. The van der Waals surface area contributed by atoms with Crippen LogP contribution in [0.3, 0.4) is 0 Å². The molecule has 5 rings (SSSR count). The molecule has 2 heterocycles. The first-order valence-electron chi connectivity index (χ1n) is 10.8. The van der Waals surface area contributed by atoms with Crippen LogP contribution in [0.4, 0.5) is 0 Å². The zero-order valence-electron chi connectivity index (χ0n) is 18.4. The lowest BCUT2D eigenvalue weighted by atomic mass is 9.95. The Kier molecular flexibility index (Phi) is 5.35. The van der Waals surface area contributed by atoms with E-state index in [9.17, 15) is 0 Å². The highest BCUT2D eigenvalue weighted by Gasteiger charge is 2.42. The van der Waals surface area contributed by atoms with Crippen LogP contribution in [-0.2, 0) is 0 Å². The largest absolute Gasteiger partial charge is 0.497 e. The van der Waals surface area contributed by atoms with Crippen LogP contribution < -0.4 is 18.9 Å². The van der Waals surface area contributed by atoms with Gasteiger partial charge >= 0.3 is 0 Å². The average Bonchev–Trinajstić information content (AvgIpc) is 3.29. The number of nitrogens with zero attached hydrogens (tertiary/aromatic N) is 2. The second kappa shape index (κ2) is 8.46. The van der Waals surface area contributed by atoms with Crippen LogP contribution in [-0.4, -0.2) is 31.5 Å². The first-order chi connectivity index (χ1) is 15.7. The van der Waals surface area contributed by atoms with Gasteiger partial charge in [0.05, 0.1) is 38.1 Å². The lowest BCUT2D eigenvalue weighted by Crippen LogP contribution is -2.33. The summed E-state index contributed by atoms with van der Waals surface area (Å²) in [5.74, 6) is 3.21. The van der Waals surface area contributed by atoms with Crippen molar-refractivity contribution in [1.82, 2.24) is 5.01 Å². The highest BCUT2D eigenvalue weighted by Crippen LogP contribution is 2.49. The molecule has 6 heteroatoms. The smallest absolute Gasteiger partial charge is 0.217 e. The Bertz CT molecular complexity index is 1140. The lowest BCUT2D eigenvalue weighted by molar-refractivity contribution is -0.0204. The molecule has 0 saturated heterocycles. The first-order valence-corrected chi connectivity index (χ1v) is 10.8. The average molecular weight is 431 g/mol. The van der Waals surface area contributed by atoms with Crippen LogP contribution >= 0.6 is 0 Å². The quantitative estimate of drug-likeness (QED) is 0.528. The molecular formula is C26H26N2O4. The highest BCUT2D eigenvalue weighted by atomic mass is 16.5. The predicted octanol–water partition coefficient (Wildman–Crippen LogP) is 5.34. The second-order valence-electron chi connectivity index (χ2n) is 7.72. The van der Waals surface area contributed by atoms with Crippen LogP contribution in [0.5, 0.6) is 23.0 Å². The number of rotatable bonds is 6. The van der Waals surface area contributed by atoms with Gasteiger partial charge in [0.2, 0.25) is 6.23 Å². The molecule has 0 N–H and O–H groups in total. The maximum absolute atomic E-state index is 6.47. The zero-order valence-corrected chi connectivity index (χ0v) is 18.4. The molecule has 0 amide bonds. The molecule has 3 aromatic carbocycles. The van der Waals surface area contributed by atoms with E-state index >= 15 is 0 Å². The van der Waals surface area contributed by atoms with Crippen molar-refractivity contribution < 1.29 is 18.9 Å². The number of benzene rings is 3. The summed E-state index contributed by atoms with van der Waals surface area (Å²) in [4.78, 5) is 0. The first kappa shape index (κ1) is 20.2. The van der Waals surface area contributed by atoms with Crippen molar-refractivity contribution in [3.63, 3.8) is 0 Å². The Morgan fingerprint density at radius 2 is 1.72 bits per heavy atom. The van der Waals surface area contributed by atoms with E-state index in [4.69, 9.17) is 24.0 Å². The molecule has 0 saturated carbocycles. The molecular weight excluding hydrogens is 404 g/mol. The molecule has 6 nitrogen and oxygen atoms in total. The van der Waals surface area contributed by atoms with Crippen molar-refractivity contribution in [1.29, 1.82) is 0 Å². The van der Waals surface area contributed by atoms with E-state index in [1.807, 2.05) is 60.5 Å². The molecule has 0 spiro atoms. The Balaban J connectivity index is 1.57. The SMILES string of the molecule is CCOc1ccc(C2=NN3C(C2)c2ccccc2OC3c2cc(OC)ccc2OC)cc1. The van der Waals surface area contributed by atoms with Gasteiger partial charge < -0.3 is 18.9 Å². The number of hydrogen-bond acceptors (Lipinski definition) is 6. The molecule has 0 radical (unpaired) electrons. The van der Waals surface area contributed by atoms with E-state index in [0.717, 1.165) is 51.8 Å². The summed E-state index contributed by atoms with van der Waals surface area (Å²) >= 11 is 0. The molecule has 2 atom stereocenters. The number of para-hydroxylation sites is 1. The van der Waals surface area contributed by atoms with E-state index < -0.39 is 6.23 Å². The Labute approximate surface area is 188 Å². The van der Waals surface area contributed by atoms with Gasteiger partial charge in [-0.05, 0) is 61.0 Å². The minimum Gasteiger partial charge on any atom is -0.497 e. The molecule has 0 fully saturated rings. The number of ether oxygens (including phenoxy) is 4. The highest BCUT2D eigenvalue weighted by molar-refractivity contribution is 6.02. The van der Waals surface area contributed by atoms with Gasteiger partial charge in [0, 0.05) is 12.0 Å². The van der Waals surface area contributed by atoms with Crippen LogP contribution in [0.15, 0.2) is 71.8 Å². The van der Waals surface area contributed by atoms with Crippen molar-refractivity contribution >= 4 is 5.71 Å². The van der Waals surface area contributed by atoms with Crippen LogP contribution in [0, 0.1) is 0 Å². The Morgan fingerprint density at radius 1 is 0.938 bits per heavy atom. The van der Waals surface area contributed by atoms with Gasteiger partial charge in [-0.1, -0.05) is 18.2 Å². The third-order valence-electron chi connectivity index (χ3n) is 5.90. The fraction of sp³-hybridized carbons (Fsp3) is 0.269. The molecule has 32 heavy (non-hydrogen) atoms. The van der Waals surface area contributed by atoms with Crippen LogP contribution in [0.25, 0.3) is 0 Å². The summed E-state index contributed by atoms with van der Waals surface area (Å²) < 4.78 is 23.2.